The average Bonchev–Trinajstić information content (AvgIpc) is 3.02. The van der Waals surface area contributed by atoms with Crippen molar-refractivity contribution in [3.63, 3.8) is 0 Å². The number of ether oxygens (including phenoxy) is 2. The van der Waals surface area contributed by atoms with Gasteiger partial charge < -0.3 is 19.5 Å². The van der Waals surface area contributed by atoms with Gasteiger partial charge in [0, 0.05) is 17.9 Å². The van der Waals surface area contributed by atoms with Crippen LogP contribution in [0.5, 0.6) is 11.5 Å². The standard InChI is InChI=1S/C18H22N2O3/c19-8-10-20-9-7-18(21)6-2-1-3-14(18)17(20)13-4-5-15-16(11-13)23-12-22-15/h4-5,11,14,17,21H,1-3,6-7,9-10,12H2/p+1/t14-,17-,18+/m1/s1. The first-order valence-electron chi connectivity index (χ1n) is 8.55. The van der Waals surface area contributed by atoms with Gasteiger partial charge in [0.05, 0.1) is 12.1 Å². The molecule has 0 bridgehead atoms. The van der Waals surface area contributed by atoms with Crippen molar-refractivity contribution in [3.8, 4) is 17.6 Å². The number of hydrogen-bond acceptors (Lipinski definition) is 4. The molecule has 1 aliphatic carbocycles. The molecule has 2 N–H and O–H groups in total. The molecule has 2 fully saturated rings. The first-order valence-corrected chi connectivity index (χ1v) is 8.55. The molecule has 3 aliphatic rings. The Morgan fingerprint density at radius 2 is 2.13 bits per heavy atom. The fraction of sp³-hybridized carbons (Fsp3) is 0.611. The third kappa shape index (κ3) is 2.46. The highest BCUT2D eigenvalue weighted by Crippen LogP contribution is 2.45. The zero-order valence-electron chi connectivity index (χ0n) is 13.3. The second-order valence-electron chi connectivity index (χ2n) is 7.04. The maximum Gasteiger partial charge on any atom is 0.231 e. The van der Waals surface area contributed by atoms with Crippen LogP contribution < -0.4 is 14.4 Å². The molecule has 2 aliphatic heterocycles. The lowest BCUT2D eigenvalue weighted by atomic mass is 9.66. The Bertz CT molecular complexity index is 642. The lowest BCUT2D eigenvalue weighted by Crippen LogP contribution is -3.15. The van der Waals surface area contributed by atoms with Gasteiger partial charge in [-0.05, 0) is 31.0 Å². The second kappa shape index (κ2) is 5.70. The largest absolute Gasteiger partial charge is 0.454 e. The fourth-order valence-corrected chi connectivity index (χ4v) is 4.73. The summed E-state index contributed by atoms with van der Waals surface area (Å²) in [5, 5.41) is 20.4. The van der Waals surface area contributed by atoms with Crippen LogP contribution in [0.3, 0.4) is 0 Å². The number of quaternary nitrogens is 1. The van der Waals surface area contributed by atoms with E-state index in [-0.39, 0.29) is 18.8 Å². The molecule has 1 aromatic carbocycles. The summed E-state index contributed by atoms with van der Waals surface area (Å²) >= 11 is 0. The number of fused-ring (bicyclic) bond motifs is 2. The van der Waals surface area contributed by atoms with Crippen LogP contribution in [-0.2, 0) is 0 Å². The highest BCUT2D eigenvalue weighted by atomic mass is 16.7. The monoisotopic (exact) mass is 315 g/mol. The molecule has 1 saturated carbocycles. The molecule has 0 aromatic heterocycles. The highest BCUT2D eigenvalue weighted by molar-refractivity contribution is 5.45. The highest BCUT2D eigenvalue weighted by Gasteiger charge is 2.51. The predicted octanol–water partition coefficient (Wildman–Crippen LogP) is 1.19. The summed E-state index contributed by atoms with van der Waals surface area (Å²) in [7, 11) is 0. The van der Waals surface area contributed by atoms with Gasteiger partial charge in [-0.2, -0.15) is 5.26 Å². The number of likely N-dealkylation sites (tertiary alicyclic amines) is 1. The van der Waals surface area contributed by atoms with Gasteiger partial charge in [0.25, 0.3) is 0 Å². The SMILES string of the molecule is N#CC[NH+]1CC[C@@]2(O)CCCC[C@@H]2[C@H]1c1ccc2c(c1)OCO2. The Labute approximate surface area is 136 Å². The van der Waals surface area contributed by atoms with Crippen LogP contribution in [0.15, 0.2) is 18.2 Å². The van der Waals surface area contributed by atoms with Crippen LogP contribution in [0.25, 0.3) is 0 Å². The van der Waals surface area contributed by atoms with Crippen molar-refractivity contribution in [1.29, 1.82) is 5.26 Å². The third-order valence-electron chi connectivity index (χ3n) is 5.85. The molecule has 4 atom stereocenters. The number of hydrogen-bond donors (Lipinski definition) is 2. The molecule has 1 unspecified atom stereocenters. The molecule has 23 heavy (non-hydrogen) atoms. The van der Waals surface area contributed by atoms with Crippen LogP contribution in [0.1, 0.15) is 43.7 Å². The first kappa shape index (κ1) is 14.8. The number of benzene rings is 1. The van der Waals surface area contributed by atoms with E-state index in [9.17, 15) is 10.4 Å². The van der Waals surface area contributed by atoms with E-state index in [1.165, 1.54) is 4.90 Å². The first-order chi connectivity index (χ1) is 11.2. The number of nitrogens with one attached hydrogen (secondary N) is 1. The van der Waals surface area contributed by atoms with E-state index in [0.29, 0.717) is 6.54 Å². The van der Waals surface area contributed by atoms with E-state index < -0.39 is 5.60 Å². The smallest absolute Gasteiger partial charge is 0.231 e. The number of aliphatic hydroxyl groups is 1. The van der Waals surface area contributed by atoms with Gasteiger partial charge in [-0.15, -0.1) is 0 Å². The van der Waals surface area contributed by atoms with Crippen molar-refractivity contribution in [1.82, 2.24) is 0 Å². The van der Waals surface area contributed by atoms with Crippen molar-refractivity contribution in [2.75, 3.05) is 19.9 Å². The minimum atomic E-state index is -0.571. The molecule has 5 nitrogen and oxygen atoms in total. The van der Waals surface area contributed by atoms with Gasteiger partial charge >= 0.3 is 0 Å². The minimum Gasteiger partial charge on any atom is -0.454 e. The molecule has 1 aromatic rings. The van der Waals surface area contributed by atoms with Crippen LogP contribution in [0.2, 0.25) is 0 Å². The van der Waals surface area contributed by atoms with Crippen LogP contribution in [-0.4, -0.2) is 30.6 Å². The third-order valence-corrected chi connectivity index (χ3v) is 5.85. The van der Waals surface area contributed by atoms with Crippen molar-refractivity contribution in [3.05, 3.63) is 23.8 Å². The lowest BCUT2D eigenvalue weighted by molar-refractivity contribution is -0.938. The number of piperidine rings is 1. The van der Waals surface area contributed by atoms with E-state index >= 15 is 0 Å². The summed E-state index contributed by atoms with van der Waals surface area (Å²) in [5.74, 6) is 1.78. The lowest BCUT2D eigenvalue weighted by Gasteiger charge is -2.49. The molecule has 122 valence electrons. The van der Waals surface area contributed by atoms with Gasteiger partial charge in [-0.25, -0.2) is 0 Å². The van der Waals surface area contributed by atoms with Crippen molar-refractivity contribution in [2.24, 2.45) is 5.92 Å². The van der Waals surface area contributed by atoms with E-state index in [1.54, 1.807) is 0 Å². The zero-order valence-corrected chi connectivity index (χ0v) is 13.3. The summed E-state index contributed by atoms with van der Waals surface area (Å²) in [6.07, 6.45) is 4.99. The predicted molar refractivity (Wildman–Crippen MR) is 83.1 cm³/mol. The Balaban J connectivity index is 1.72. The molecular formula is C18H23N2O3+. The average molecular weight is 315 g/mol. The number of nitrogens with zero attached hydrogens (tertiary/aromatic N) is 1. The molecule has 5 heteroatoms. The second-order valence-corrected chi connectivity index (χ2v) is 7.04. The fourth-order valence-electron chi connectivity index (χ4n) is 4.73. The topological polar surface area (TPSA) is 66.9 Å². The van der Waals surface area contributed by atoms with E-state index in [0.717, 1.165) is 55.7 Å². The maximum absolute atomic E-state index is 11.2. The molecule has 4 rings (SSSR count). The Morgan fingerprint density at radius 3 is 3.00 bits per heavy atom. The van der Waals surface area contributed by atoms with E-state index in [2.05, 4.69) is 12.1 Å². The van der Waals surface area contributed by atoms with Gasteiger partial charge in [0.1, 0.15) is 12.1 Å². The van der Waals surface area contributed by atoms with Gasteiger partial charge in [0.2, 0.25) is 6.79 Å². The van der Waals surface area contributed by atoms with Gasteiger partial charge in [0.15, 0.2) is 18.0 Å². The van der Waals surface area contributed by atoms with Gasteiger partial charge in [-0.3, -0.25) is 0 Å². The Hall–Kier alpha value is -1.77. The summed E-state index contributed by atoms with van der Waals surface area (Å²) in [4.78, 5) is 1.27. The van der Waals surface area contributed by atoms with Crippen LogP contribution >= 0.6 is 0 Å². The molecule has 0 radical (unpaired) electrons. The van der Waals surface area contributed by atoms with Crippen LogP contribution in [0, 0.1) is 17.2 Å². The summed E-state index contributed by atoms with van der Waals surface area (Å²) in [5.41, 5.74) is 0.586. The minimum absolute atomic E-state index is 0.156. The van der Waals surface area contributed by atoms with Gasteiger partial charge in [-0.1, -0.05) is 12.8 Å². The Kier molecular flexibility index (Phi) is 3.67. The molecular weight excluding hydrogens is 292 g/mol. The maximum atomic E-state index is 11.2. The summed E-state index contributed by atoms with van der Waals surface area (Å²) in [6.45, 7) is 1.59. The molecule has 0 spiro atoms. The molecule has 0 amide bonds. The number of nitriles is 1. The van der Waals surface area contributed by atoms with Crippen molar-refractivity contribution >= 4 is 0 Å². The van der Waals surface area contributed by atoms with Crippen molar-refractivity contribution in [2.45, 2.75) is 43.7 Å². The zero-order chi connectivity index (χ0) is 15.9. The number of rotatable bonds is 2. The normalized spacial score (nSPS) is 35.4. The summed E-state index contributed by atoms with van der Waals surface area (Å²) < 4.78 is 10.9. The Morgan fingerprint density at radius 1 is 1.26 bits per heavy atom. The van der Waals surface area contributed by atoms with E-state index in [1.807, 2.05) is 12.1 Å². The molecule has 1 saturated heterocycles. The van der Waals surface area contributed by atoms with Crippen LogP contribution in [0.4, 0.5) is 0 Å². The molecule has 2 heterocycles. The van der Waals surface area contributed by atoms with E-state index in [4.69, 9.17) is 9.47 Å². The summed E-state index contributed by atoms with van der Waals surface area (Å²) in [6, 6.07) is 8.56. The quantitative estimate of drug-likeness (QED) is 0.805. The van der Waals surface area contributed by atoms with Crippen molar-refractivity contribution < 1.29 is 19.5 Å².